The Labute approximate surface area is 108 Å². The van der Waals surface area contributed by atoms with Crippen molar-refractivity contribution in [1.82, 2.24) is 19.6 Å². The number of H-pyrrole nitrogens is 1. The highest BCUT2D eigenvalue weighted by molar-refractivity contribution is 7.89. The monoisotopic (exact) mass is 286 g/mol. The number of aromatic amines is 1. The number of anilines is 1. The maximum absolute atomic E-state index is 11.4. The molecule has 2 heterocycles. The van der Waals surface area contributed by atoms with Crippen LogP contribution in [-0.2, 0) is 10.0 Å². The lowest BCUT2D eigenvalue weighted by Gasteiger charge is -2.06. The third-order valence-electron chi connectivity index (χ3n) is 2.48. The van der Waals surface area contributed by atoms with Crippen LogP contribution in [0.1, 0.15) is 12.2 Å². The summed E-state index contributed by atoms with van der Waals surface area (Å²) in [4.78, 5) is 15.6. The maximum Gasteiger partial charge on any atom is 0.349 e. The summed E-state index contributed by atoms with van der Waals surface area (Å²) in [5, 5.41) is 14.0. The van der Waals surface area contributed by atoms with E-state index in [0.29, 0.717) is 30.3 Å². The topological polar surface area (TPSA) is 135 Å². The largest absolute Gasteiger partial charge is 0.370 e. The number of sulfonamides is 1. The minimum absolute atomic E-state index is 0.0942. The van der Waals surface area contributed by atoms with Gasteiger partial charge in [-0.05, 0) is 13.3 Å². The first-order chi connectivity index (χ1) is 8.87. The van der Waals surface area contributed by atoms with Gasteiger partial charge in [0.2, 0.25) is 10.0 Å². The molecule has 2 rings (SSSR count). The average Bonchev–Trinajstić information content (AvgIpc) is 2.66. The van der Waals surface area contributed by atoms with Crippen LogP contribution in [0.25, 0.3) is 5.65 Å². The Balaban J connectivity index is 2.08. The lowest BCUT2D eigenvalue weighted by Crippen LogP contribution is -2.19. The molecule has 0 bridgehead atoms. The van der Waals surface area contributed by atoms with Gasteiger partial charge < -0.3 is 5.32 Å². The van der Waals surface area contributed by atoms with Gasteiger partial charge in [0, 0.05) is 12.6 Å². The van der Waals surface area contributed by atoms with E-state index in [-0.39, 0.29) is 11.4 Å². The number of rotatable bonds is 5. The number of aryl methyl sites for hydroxylation is 1. The number of nitrogens with two attached hydrogens (primary N) is 1. The zero-order valence-electron chi connectivity index (χ0n) is 10.3. The van der Waals surface area contributed by atoms with Crippen molar-refractivity contribution >= 4 is 21.5 Å². The van der Waals surface area contributed by atoms with Crippen LogP contribution in [0.4, 0.5) is 5.82 Å². The van der Waals surface area contributed by atoms with Crippen molar-refractivity contribution in [3.63, 3.8) is 0 Å². The Morgan fingerprint density at radius 2 is 2.26 bits per heavy atom. The van der Waals surface area contributed by atoms with Crippen molar-refractivity contribution in [2.75, 3.05) is 17.6 Å². The van der Waals surface area contributed by atoms with Gasteiger partial charge in [-0.1, -0.05) is 0 Å². The Hall–Kier alpha value is -1.94. The summed E-state index contributed by atoms with van der Waals surface area (Å²) < 4.78 is 22.9. The summed E-state index contributed by atoms with van der Waals surface area (Å²) in [6.07, 6.45) is 0.373. The SMILES string of the molecule is Cc1nc(NCCCS(N)(=O)=O)cc2n[nH]c(=O)n12. The van der Waals surface area contributed by atoms with Crippen molar-refractivity contribution in [2.24, 2.45) is 5.14 Å². The van der Waals surface area contributed by atoms with E-state index in [0.717, 1.165) is 0 Å². The molecule has 0 fully saturated rings. The van der Waals surface area contributed by atoms with E-state index in [9.17, 15) is 13.2 Å². The van der Waals surface area contributed by atoms with Gasteiger partial charge in [0.05, 0.1) is 5.75 Å². The minimum Gasteiger partial charge on any atom is -0.370 e. The molecule has 9 nitrogen and oxygen atoms in total. The van der Waals surface area contributed by atoms with Gasteiger partial charge in [-0.25, -0.2) is 32.8 Å². The van der Waals surface area contributed by atoms with Gasteiger partial charge in [0.1, 0.15) is 11.6 Å². The van der Waals surface area contributed by atoms with E-state index >= 15 is 0 Å². The van der Waals surface area contributed by atoms with Crippen LogP contribution in [0.2, 0.25) is 0 Å². The number of nitrogens with one attached hydrogen (secondary N) is 2. The first-order valence-corrected chi connectivity index (χ1v) is 7.27. The fraction of sp³-hybridized carbons (Fsp3) is 0.444. The van der Waals surface area contributed by atoms with E-state index in [1.165, 1.54) is 4.40 Å². The zero-order chi connectivity index (χ0) is 14.0. The Morgan fingerprint density at radius 1 is 1.53 bits per heavy atom. The zero-order valence-corrected chi connectivity index (χ0v) is 11.1. The molecule has 0 aliphatic heterocycles. The number of nitrogens with zero attached hydrogens (tertiary/aromatic N) is 3. The second-order valence-corrected chi connectivity index (χ2v) is 5.79. The van der Waals surface area contributed by atoms with Gasteiger partial charge in [-0.3, -0.25) is 0 Å². The van der Waals surface area contributed by atoms with Crippen LogP contribution in [0.5, 0.6) is 0 Å². The molecular weight excluding hydrogens is 272 g/mol. The molecule has 4 N–H and O–H groups in total. The van der Waals surface area contributed by atoms with E-state index < -0.39 is 10.0 Å². The highest BCUT2D eigenvalue weighted by atomic mass is 32.2. The van der Waals surface area contributed by atoms with E-state index in [1.807, 2.05) is 0 Å². The number of primary sulfonamides is 1. The maximum atomic E-state index is 11.4. The van der Waals surface area contributed by atoms with Gasteiger partial charge >= 0.3 is 5.69 Å². The predicted octanol–water partition coefficient (Wildman–Crippen LogP) is -1.18. The highest BCUT2D eigenvalue weighted by Crippen LogP contribution is 2.07. The second-order valence-electron chi connectivity index (χ2n) is 4.06. The summed E-state index contributed by atoms with van der Waals surface area (Å²) >= 11 is 0. The molecule has 0 aliphatic carbocycles. The fourth-order valence-corrected chi connectivity index (χ4v) is 2.22. The van der Waals surface area contributed by atoms with Crippen LogP contribution in [0.3, 0.4) is 0 Å². The molecule has 10 heteroatoms. The third-order valence-corrected chi connectivity index (χ3v) is 3.34. The lowest BCUT2D eigenvalue weighted by atomic mass is 10.4. The summed E-state index contributed by atoms with van der Waals surface area (Å²) in [5.41, 5.74) is 0.104. The van der Waals surface area contributed by atoms with Crippen molar-refractivity contribution in [3.05, 3.63) is 22.4 Å². The fourth-order valence-electron chi connectivity index (χ4n) is 1.68. The van der Waals surface area contributed by atoms with Crippen LogP contribution in [0.15, 0.2) is 10.9 Å². The molecule has 0 amide bonds. The van der Waals surface area contributed by atoms with Crippen LogP contribution < -0.4 is 16.1 Å². The van der Waals surface area contributed by atoms with Crippen LogP contribution >= 0.6 is 0 Å². The summed E-state index contributed by atoms with van der Waals surface area (Å²) in [6, 6.07) is 1.60. The molecule has 0 spiro atoms. The van der Waals surface area contributed by atoms with Gasteiger partial charge in [-0.2, -0.15) is 5.10 Å². The molecule has 2 aromatic rings. The molecule has 0 aromatic carbocycles. The van der Waals surface area contributed by atoms with Crippen molar-refractivity contribution < 1.29 is 8.42 Å². The standard InChI is InChI=1S/C9H14N6O3S/c1-6-12-7(11-3-2-4-19(10,17)18)5-8-13-14-9(16)15(6)8/h5,11H,2-4H2,1H3,(H,14,16)(H2,10,17,18). The number of hydrogen-bond acceptors (Lipinski definition) is 6. The Bertz CT molecular complexity index is 747. The molecule has 0 radical (unpaired) electrons. The molecule has 0 unspecified atom stereocenters. The van der Waals surface area contributed by atoms with Crippen molar-refractivity contribution in [1.29, 1.82) is 0 Å². The first-order valence-electron chi connectivity index (χ1n) is 5.56. The minimum atomic E-state index is -3.44. The predicted molar refractivity (Wildman–Crippen MR) is 69.4 cm³/mol. The van der Waals surface area contributed by atoms with Crippen molar-refractivity contribution in [3.8, 4) is 0 Å². The molecule has 0 saturated heterocycles. The number of fused-ring (bicyclic) bond motifs is 1. The van der Waals surface area contributed by atoms with Gasteiger partial charge in [0.15, 0.2) is 5.65 Å². The Kier molecular flexibility index (Phi) is 3.53. The number of hydrogen-bond donors (Lipinski definition) is 3. The smallest absolute Gasteiger partial charge is 0.349 e. The summed E-state index contributed by atoms with van der Waals surface area (Å²) in [5.74, 6) is 0.923. The van der Waals surface area contributed by atoms with Crippen LogP contribution in [0, 0.1) is 6.92 Å². The Morgan fingerprint density at radius 3 is 2.95 bits per heavy atom. The third kappa shape index (κ3) is 3.29. The molecule has 0 saturated carbocycles. The van der Waals surface area contributed by atoms with Gasteiger partial charge in [0.25, 0.3) is 0 Å². The molecule has 0 atom stereocenters. The molecular formula is C9H14N6O3S. The highest BCUT2D eigenvalue weighted by Gasteiger charge is 2.07. The second kappa shape index (κ2) is 4.97. The molecule has 104 valence electrons. The van der Waals surface area contributed by atoms with Crippen molar-refractivity contribution in [2.45, 2.75) is 13.3 Å². The summed E-state index contributed by atoms with van der Waals surface area (Å²) in [7, 11) is -3.44. The number of aromatic nitrogens is 4. The molecule has 2 aromatic heterocycles. The lowest BCUT2D eigenvalue weighted by molar-refractivity contribution is 0.595. The first kappa shape index (κ1) is 13.5. The van der Waals surface area contributed by atoms with Gasteiger partial charge in [-0.15, -0.1) is 0 Å². The van der Waals surface area contributed by atoms with E-state index in [4.69, 9.17) is 5.14 Å². The molecule has 0 aliphatic rings. The van der Waals surface area contributed by atoms with E-state index in [1.54, 1.807) is 13.0 Å². The quantitative estimate of drug-likeness (QED) is 0.592. The van der Waals surface area contributed by atoms with Crippen LogP contribution in [-0.4, -0.2) is 40.3 Å². The average molecular weight is 286 g/mol. The summed E-state index contributed by atoms with van der Waals surface area (Å²) in [6.45, 7) is 2.09. The molecule has 19 heavy (non-hydrogen) atoms. The van der Waals surface area contributed by atoms with E-state index in [2.05, 4.69) is 20.5 Å². The normalized spacial score (nSPS) is 11.9.